The molecule has 4 aromatic rings. The number of hydrogen-bond donors (Lipinski definition) is 0. The van der Waals surface area contributed by atoms with Crippen molar-refractivity contribution >= 4 is 10.9 Å². The largest absolute Gasteiger partial charge is 0.268 e. The van der Waals surface area contributed by atoms with Crippen LogP contribution in [0.1, 0.15) is 5.56 Å². The molecule has 3 nitrogen and oxygen atoms in total. The number of aromatic nitrogens is 2. The zero-order valence-corrected chi connectivity index (χ0v) is 13.3. The van der Waals surface area contributed by atoms with Crippen LogP contribution in [0, 0.1) is 6.92 Å². The van der Waals surface area contributed by atoms with Gasteiger partial charge in [0.2, 0.25) is 0 Å². The highest BCUT2D eigenvalue weighted by Crippen LogP contribution is 2.22. The summed E-state index contributed by atoms with van der Waals surface area (Å²) in [5, 5.41) is 0.622. The molecule has 24 heavy (non-hydrogen) atoms. The molecule has 0 radical (unpaired) electrons. The lowest BCUT2D eigenvalue weighted by molar-refractivity contribution is 0.976. The minimum Gasteiger partial charge on any atom is -0.268 e. The number of aryl methyl sites for hydroxylation is 1. The third kappa shape index (κ3) is 2.40. The first-order valence-electron chi connectivity index (χ1n) is 7.88. The number of rotatable bonds is 2. The van der Waals surface area contributed by atoms with Crippen molar-refractivity contribution in [2.45, 2.75) is 6.92 Å². The van der Waals surface area contributed by atoms with Gasteiger partial charge in [-0.3, -0.25) is 9.36 Å². The van der Waals surface area contributed by atoms with Gasteiger partial charge in [0, 0.05) is 5.56 Å². The predicted octanol–water partition coefficient (Wildman–Crippen LogP) is 4.36. The van der Waals surface area contributed by atoms with E-state index in [4.69, 9.17) is 4.98 Å². The van der Waals surface area contributed by atoms with Crippen molar-refractivity contribution in [2.24, 2.45) is 0 Å². The molecule has 4 rings (SSSR count). The molecular weight excluding hydrogens is 296 g/mol. The van der Waals surface area contributed by atoms with Crippen LogP contribution in [0.25, 0.3) is 28.0 Å². The number of nitrogens with zero attached hydrogens (tertiary/aromatic N) is 2. The average molecular weight is 312 g/mol. The first-order chi connectivity index (χ1) is 11.7. The third-order valence-electron chi connectivity index (χ3n) is 4.10. The van der Waals surface area contributed by atoms with Gasteiger partial charge in [-0.15, -0.1) is 0 Å². The van der Waals surface area contributed by atoms with Crippen LogP contribution in [0.15, 0.2) is 83.7 Å². The Bertz CT molecular complexity index is 1060. The molecule has 0 spiro atoms. The van der Waals surface area contributed by atoms with Crippen molar-refractivity contribution in [3.8, 4) is 17.1 Å². The van der Waals surface area contributed by atoms with Crippen molar-refractivity contribution in [2.75, 3.05) is 0 Å². The molecule has 0 bridgehead atoms. The Morgan fingerprint density at radius 1 is 0.792 bits per heavy atom. The lowest BCUT2D eigenvalue weighted by Crippen LogP contribution is -2.21. The lowest BCUT2D eigenvalue weighted by Gasteiger charge is -2.14. The summed E-state index contributed by atoms with van der Waals surface area (Å²) in [4.78, 5) is 17.9. The van der Waals surface area contributed by atoms with Crippen LogP contribution in [0.3, 0.4) is 0 Å². The Morgan fingerprint density at radius 2 is 1.46 bits per heavy atom. The molecule has 0 atom stereocenters. The van der Waals surface area contributed by atoms with Gasteiger partial charge < -0.3 is 0 Å². The maximum atomic E-state index is 13.1. The van der Waals surface area contributed by atoms with E-state index in [0.717, 1.165) is 11.3 Å². The van der Waals surface area contributed by atoms with Crippen LogP contribution in [0.2, 0.25) is 0 Å². The summed E-state index contributed by atoms with van der Waals surface area (Å²) >= 11 is 0. The van der Waals surface area contributed by atoms with E-state index in [9.17, 15) is 4.79 Å². The van der Waals surface area contributed by atoms with Gasteiger partial charge in [0.1, 0.15) is 5.82 Å². The molecule has 0 aliphatic rings. The standard InChI is InChI=1S/C21H16N2O/c1-15-11-13-16(14-12-15)20-22-19-10-6-5-9-18(19)21(24)23(20)17-7-3-2-4-8-17/h2-14H,1H3. The van der Waals surface area contributed by atoms with Crippen LogP contribution in [-0.4, -0.2) is 9.55 Å². The highest BCUT2D eigenvalue weighted by atomic mass is 16.1. The van der Waals surface area contributed by atoms with Gasteiger partial charge in [-0.2, -0.15) is 0 Å². The molecule has 0 amide bonds. The summed E-state index contributed by atoms with van der Waals surface area (Å²) < 4.78 is 1.69. The van der Waals surface area contributed by atoms with E-state index in [1.54, 1.807) is 4.57 Å². The summed E-state index contributed by atoms with van der Waals surface area (Å²) in [5.74, 6) is 0.657. The topological polar surface area (TPSA) is 34.9 Å². The van der Waals surface area contributed by atoms with E-state index in [1.165, 1.54) is 5.56 Å². The van der Waals surface area contributed by atoms with Gasteiger partial charge in [0.05, 0.1) is 16.6 Å². The minimum atomic E-state index is -0.0534. The normalized spacial score (nSPS) is 10.9. The molecule has 0 N–H and O–H groups in total. The van der Waals surface area contributed by atoms with Crippen LogP contribution in [0.5, 0.6) is 0 Å². The molecular formula is C21H16N2O. The molecule has 0 aliphatic heterocycles. The van der Waals surface area contributed by atoms with Crippen molar-refractivity contribution in [3.63, 3.8) is 0 Å². The number of para-hydroxylation sites is 2. The highest BCUT2D eigenvalue weighted by Gasteiger charge is 2.13. The minimum absolute atomic E-state index is 0.0534. The highest BCUT2D eigenvalue weighted by molar-refractivity contribution is 5.80. The smallest absolute Gasteiger partial charge is 0.266 e. The summed E-state index contributed by atoms with van der Waals surface area (Å²) in [6, 6.07) is 25.2. The molecule has 0 aliphatic carbocycles. The second-order valence-electron chi connectivity index (χ2n) is 5.79. The van der Waals surface area contributed by atoms with Gasteiger partial charge >= 0.3 is 0 Å². The maximum absolute atomic E-state index is 13.1. The second kappa shape index (κ2) is 5.78. The molecule has 116 valence electrons. The Kier molecular flexibility index (Phi) is 3.47. The van der Waals surface area contributed by atoms with E-state index in [0.29, 0.717) is 16.7 Å². The van der Waals surface area contributed by atoms with E-state index in [1.807, 2.05) is 85.8 Å². The molecule has 0 fully saturated rings. The molecule has 3 aromatic carbocycles. The number of fused-ring (bicyclic) bond motifs is 1. The first-order valence-corrected chi connectivity index (χ1v) is 7.88. The SMILES string of the molecule is Cc1ccc(-c2nc3ccccc3c(=O)n2-c2ccccc2)cc1. The number of hydrogen-bond acceptors (Lipinski definition) is 2. The monoisotopic (exact) mass is 312 g/mol. The van der Waals surface area contributed by atoms with E-state index in [2.05, 4.69) is 0 Å². The Labute approximate surface area is 139 Å². The Balaban J connectivity index is 2.11. The fourth-order valence-corrected chi connectivity index (χ4v) is 2.85. The average Bonchev–Trinajstić information content (AvgIpc) is 2.63. The Morgan fingerprint density at radius 3 is 2.21 bits per heavy atom. The fraction of sp³-hybridized carbons (Fsp3) is 0.0476. The van der Waals surface area contributed by atoms with Crippen LogP contribution in [-0.2, 0) is 0 Å². The molecule has 1 aromatic heterocycles. The quantitative estimate of drug-likeness (QED) is 0.551. The molecule has 0 unspecified atom stereocenters. The van der Waals surface area contributed by atoms with Gasteiger partial charge in [-0.1, -0.05) is 60.2 Å². The maximum Gasteiger partial charge on any atom is 0.266 e. The molecule has 0 saturated carbocycles. The first kappa shape index (κ1) is 14.4. The Hall–Kier alpha value is -3.20. The molecule has 0 saturated heterocycles. The summed E-state index contributed by atoms with van der Waals surface area (Å²) in [7, 11) is 0. The van der Waals surface area contributed by atoms with E-state index < -0.39 is 0 Å². The van der Waals surface area contributed by atoms with E-state index in [-0.39, 0.29) is 5.56 Å². The van der Waals surface area contributed by atoms with Crippen molar-refractivity contribution in [3.05, 3.63) is 94.8 Å². The van der Waals surface area contributed by atoms with Gasteiger partial charge in [-0.25, -0.2) is 4.98 Å². The number of benzene rings is 3. The fourth-order valence-electron chi connectivity index (χ4n) is 2.85. The predicted molar refractivity (Wildman–Crippen MR) is 97.5 cm³/mol. The molecule has 3 heteroatoms. The molecule has 1 heterocycles. The van der Waals surface area contributed by atoms with Crippen molar-refractivity contribution in [1.29, 1.82) is 0 Å². The van der Waals surface area contributed by atoms with E-state index >= 15 is 0 Å². The zero-order valence-electron chi connectivity index (χ0n) is 13.3. The van der Waals surface area contributed by atoms with Crippen molar-refractivity contribution in [1.82, 2.24) is 9.55 Å². The van der Waals surface area contributed by atoms with Gasteiger partial charge in [-0.05, 0) is 31.2 Å². The van der Waals surface area contributed by atoms with Crippen LogP contribution in [0.4, 0.5) is 0 Å². The van der Waals surface area contributed by atoms with Gasteiger partial charge in [0.15, 0.2) is 0 Å². The third-order valence-corrected chi connectivity index (χ3v) is 4.10. The van der Waals surface area contributed by atoms with Crippen LogP contribution >= 0.6 is 0 Å². The van der Waals surface area contributed by atoms with Crippen molar-refractivity contribution < 1.29 is 0 Å². The summed E-state index contributed by atoms with van der Waals surface area (Å²) in [5.41, 5.74) is 3.57. The zero-order chi connectivity index (χ0) is 16.5. The lowest BCUT2D eigenvalue weighted by atomic mass is 10.1. The van der Waals surface area contributed by atoms with Crippen LogP contribution < -0.4 is 5.56 Å². The summed E-state index contributed by atoms with van der Waals surface area (Å²) in [6.07, 6.45) is 0. The second-order valence-corrected chi connectivity index (χ2v) is 5.79. The summed E-state index contributed by atoms with van der Waals surface area (Å²) in [6.45, 7) is 2.04. The van der Waals surface area contributed by atoms with Gasteiger partial charge in [0.25, 0.3) is 5.56 Å².